The minimum atomic E-state index is 0.783. The van der Waals surface area contributed by atoms with Gasteiger partial charge in [-0.3, -0.25) is 4.98 Å². The minimum Gasteiger partial charge on any atom is -0.309 e. The van der Waals surface area contributed by atoms with Crippen molar-refractivity contribution >= 4 is 0 Å². The van der Waals surface area contributed by atoms with Gasteiger partial charge in [0.25, 0.3) is 0 Å². The fraction of sp³-hybridized carbons (Fsp3) is 0.667. The lowest BCUT2D eigenvalue weighted by molar-refractivity contribution is 0.122. The summed E-state index contributed by atoms with van der Waals surface area (Å²) in [6.07, 6.45) is 12.5. The van der Waals surface area contributed by atoms with E-state index in [0.717, 1.165) is 24.4 Å². The summed E-state index contributed by atoms with van der Waals surface area (Å²) < 4.78 is 0. The molecule has 1 N–H and O–H groups in total. The van der Waals surface area contributed by atoms with Gasteiger partial charge in [-0.05, 0) is 55.2 Å². The van der Waals surface area contributed by atoms with Crippen LogP contribution in [-0.4, -0.2) is 11.0 Å². The zero-order valence-corrected chi connectivity index (χ0v) is 10.4. The highest BCUT2D eigenvalue weighted by molar-refractivity contribution is 5.09. The first-order valence-corrected chi connectivity index (χ1v) is 7.06. The van der Waals surface area contributed by atoms with Crippen molar-refractivity contribution in [2.24, 2.45) is 11.8 Å². The van der Waals surface area contributed by atoms with E-state index in [1.807, 2.05) is 12.4 Å². The highest BCUT2D eigenvalue weighted by Crippen LogP contribution is 2.40. The zero-order chi connectivity index (χ0) is 11.5. The largest absolute Gasteiger partial charge is 0.309 e. The second-order valence-corrected chi connectivity index (χ2v) is 5.64. The predicted octanol–water partition coefficient (Wildman–Crippen LogP) is 3.14. The maximum atomic E-state index is 4.07. The number of nitrogens with zero attached hydrogens (tertiary/aromatic N) is 1. The summed E-state index contributed by atoms with van der Waals surface area (Å²) in [5.74, 6) is 1.92. The van der Waals surface area contributed by atoms with E-state index in [2.05, 4.69) is 22.4 Å². The van der Waals surface area contributed by atoms with Crippen LogP contribution in [0.5, 0.6) is 0 Å². The molecule has 2 heteroatoms. The van der Waals surface area contributed by atoms with E-state index in [1.54, 1.807) is 0 Å². The molecule has 2 fully saturated rings. The van der Waals surface area contributed by atoms with Crippen molar-refractivity contribution < 1.29 is 0 Å². The van der Waals surface area contributed by atoms with Crippen LogP contribution >= 0.6 is 0 Å². The molecule has 0 unspecified atom stereocenters. The van der Waals surface area contributed by atoms with Crippen molar-refractivity contribution in [3.8, 4) is 0 Å². The molecule has 2 nitrogen and oxygen atoms in total. The second kappa shape index (κ2) is 5.18. The van der Waals surface area contributed by atoms with Gasteiger partial charge in [0, 0.05) is 25.0 Å². The number of nitrogens with one attached hydrogen (secondary N) is 1. The van der Waals surface area contributed by atoms with E-state index in [9.17, 15) is 0 Å². The number of aromatic nitrogens is 1. The molecule has 0 aromatic carbocycles. The molecule has 1 aromatic rings. The number of rotatable bonds is 5. The van der Waals surface area contributed by atoms with Gasteiger partial charge in [-0.2, -0.15) is 0 Å². The monoisotopic (exact) mass is 230 g/mol. The lowest BCUT2D eigenvalue weighted by Gasteiger charge is -2.43. The van der Waals surface area contributed by atoms with Crippen molar-refractivity contribution in [2.45, 2.75) is 51.1 Å². The zero-order valence-electron chi connectivity index (χ0n) is 10.4. The molecule has 3 rings (SSSR count). The fourth-order valence-electron chi connectivity index (χ4n) is 3.05. The summed E-state index contributed by atoms with van der Waals surface area (Å²) in [5, 5.41) is 3.81. The van der Waals surface area contributed by atoms with Crippen LogP contribution in [-0.2, 0) is 6.54 Å². The van der Waals surface area contributed by atoms with Crippen molar-refractivity contribution in [1.29, 1.82) is 0 Å². The van der Waals surface area contributed by atoms with Crippen LogP contribution in [0.2, 0.25) is 0 Å². The molecular formula is C15H22N2. The van der Waals surface area contributed by atoms with Gasteiger partial charge in [0.2, 0.25) is 0 Å². The molecule has 2 aliphatic rings. The molecule has 0 spiro atoms. The summed E-state index contributed by atoms with van der Waals surface area (Å²) in [4.78, 5) is 4.07. The van der Waals surface area contributed by atoms with Crippen LogP contribution in [0, 0.1) is 11.8 Å². The summed E-state index contributed by atoms with van der Waals surface area (Å²) in [5.41, 5.74) is 1.36. The van der Waals surface area contributed by atoms with E-state index < -0.39 is 0 Å². The Balaban J connectivity index is 1.56. The van der Waals surface area contributed by atoms with Crippen LogP contribution in [0.4, 0.5) is 0 Å². The molecule has 2 aliphatic carbocycles. The van der Waals surface area contributed by atoms with Crippen molar-refractivity contribution in [3.05, 3.63) is 30.1 Å². The summed E-state index contributed by atoms with van der Waals surface area (Å²) in [6.45, 7) is 1.01. The molecule has 1 heterocycles. The van der Waals surface area contributed by atoms with Gasteiger partial charge in [-0.15, -0.1) is 0 Å². The Morgan fingerprint density at radius 3 is 2.12 bits per heavy atom. The molecule has 0 bridgehead atoms. The molecule has 2 saturated carbocycles. The summed E-state index contributed by atoms with van der Waals surface area (Å²) in [6, 6.07) is 5.02. The molecule has 92 valence electrons. The Bertz CT molecular complexity index is 327. The van der Waals surface area contributed by atoms with Gasteiger partial charge in [0.1, 0.15) is 0 Å². The van der Waals surface area contributed by atoms with E-state index in [-0.39, 0.29) is 0 Å². The first kappa shape index (κ1) is 11.2. The maximum absolute atomic E-state index is 4.07. The van der Waals surface area contributed by atoms with Crippen LogP contribution in [0.15, 0.2) is 24.5 Å². The average Bonchev–Trinajstić information content (AvgIpc) is 2.22. The molecule has 0 saturated heterocycles. The Kier molecular flexibility index (Phi) is 3.41. The Labute approximate surface area is 104 Å². The molecular weight excluding hydrogens is 208 g/mol. The predicted molar refractivity (Wildman–Crippen MR) is 69.5 cm³/mol. The lowest BCUT2D eigenvalue weighted by atomic mass is 9.68. The third-order valence-electron chi connectivity index (χ3n) is 4.61. The SMILES string of the molecule is c1cc(CNC(C2CCC2)C2CCC2)ccn1. The fourth-order valence-corrected chi connectivity index (χ4v) is 3.05. The Morgan fingerprint density at radius 2 is 1.65 bits per heavy atom. The lowest BCUT2D eigenvalue weighted by Crippen LogP contribution is -2.46. The molecule has 0 radical (unpaired) electrons. The number of hydrogen-bond acceptors (Lipinski definition) is 2. The highest BCUT2D eigenvalue weighted by atomic mass is 14.9. The number of pyridine rings is 1. The van der Waals surface area contributed by atoms with Gasteiger partial charge in [-0.25, -0.2) is 0 Å². The average molecular weight is 230 g/mol. The van der Waals surface area contributed by atoms with Crippen LogP contribution in [0.3, 0.4) is 0 Å². The van der Waals surface area contributed by atoms with Crippen molar-refractivity contribution in [1.82, 2.24) is 10.3 Å². The maximum Gasteiger partial charge on any atom is 0.0271 e. The number of hydrogen-bond donors (Lipinski definition) is 1. The second-order valence-electron chi connectivity index (χ2n) is 5.64. The molecule has 0 atom stereocenters. The summed E-state index contributed by atoms with van der Waals surface area (Å²) in [7, 11) is 0. The van der Waals surface area contributed by atoms with Gasteiger partial charge in [0.05, 0.1) is 0 Å². The van der Waals surface area contributed by atoms with Crippen LogP contribution in [0.1, 0.15) is 44.1 Å². The Morgan fingerprint density at radius 1 is 1.06 bits per heavy atom. The summed E-state index contributed by atoms with van der Waals surface area (Å²) >= 11 is 0. The van der Waals surface area contributed by atoms with Gasteiger partial charge >= 0.3 is 0 Å². The third kappa shape index (κ3) is 2.52. The smallest absolute Gasteiger partial charge is 0.0271 e. The quantitative estimate of drug-likeness (QED) is 0.840. The van der Waals surface area contributed by atoms with Crippen LogP contribution in [0.25, 0.3) is 0 Å². The van der Waals surface area contributed by atoms with E-state index in [0.29, 0.717) is 0 Å². The molecule has 1 aromatic heterocycles. The van der Waals surface area contributed by atoms with Crippen molar-refractivity contribution in [3.63, 3.8) is 0 Å². The van der Waals surface area contributed by atoms with E-state index in [1.165, 1.54) is 44.1 Å². The minimum absolute atomic E-state index is 0.783. The van der Waals surface area contributed by atoms with Gasteiger partial charge in [-0.1, -0.05) is 12.8 Å². The highest BCUT2D eigenvalue weighted by Gasteiger charge is 2.35. The first-order valence-electron chi connectivity index (χ1n) is 7.06. The van der Waals surface area contributed by atoms with Gasteiger partial charge in [0.15, 0.2) is 0 Å². The molecule has 17 heavy (non-hydrogen) atoms. The standard InChI is InChI=1S/C15H22N2/c1-3-13(4-1)15(14-5-2-6-14)17-11-12-7-9-16-10-8-12/h7-10,13-15,17H,1-6,11H2. The third-order valence-corrected chi connectivity index (χ3v) is 4.61. The normalized spacial score (nSPS) is 21.2. The van der Waals surface area contributed by atoms with E-state index >= 15 is 0 Å². The molecule has 0 aliphatic heterocycles. The first-order chi connectivity index (χ1) is 8.43. The topological polar surface area (TPSA) is 24.9 Å². The van der Waals surface area contributed by atoms with Gasteiger partial charge < -0.3 is 5.32 Å². The molecule has 0 amide bonds. The van der Waals surface area contributed by atoms with Crippen molar-refractivity contribution in [2.75, 3.05) is 0 Å². The van der Waals surface area contributed by atoms with Crippen LogP contribution < -0.4 is 5.32 Å². The Hall–Kier alpha value is -0.890. The van der Waals surface area contributed by atoms with E-state index in [4.69, 9.17) is 0 Å².